The van der Waals surface area contributed by atoms with Gasteiger partial charge < -0.3 is 14.2 Å². The quantitative estimate of drug-likeness (QED) is 0.424. The van der Waals surface area contributed by atoms with Crippen molar-refractivity contribution in [2.24, 2.45) is 0 Å². The van der Waals surface area contributed by atoms with Crippen LogP contribution in [0.5, 0.6) is 17.2 Å². The van der Waals surface area contributed by atoms with Gasteiger partial charge in [-0.25, -0.2) is 4.98 Å². The van der Waals surface area contributed by atoms with Crippen molar-refractivity contribution >= 4 is 32.6 Å². The highest BCUT2D eigenvalue weighted by Crippen LogP contribution is 2.34. The first-order valence-corrected chi connectivity index (χ1v) is 10.3. The molecule has 0 unspecified atom stereocenters. The summed E-state index contributed by atoms with van der Waals surface area (Å²) in [6.45, 7) is 0.283. The lowest BCUT2D eigenvalue weighted by molar-refractivity contribution is 0.0984. The second-order valence-corrected chi connectivity index (χ2v) is 7.62. The van der Waals surface area contributed by atoms with Crippen LogP contribution in [0.4, 0.5) is 5.13 Å². The predicted octanol–water partition coefficient (Wildman–Crippen LogP) is 4.56. The average Bonchev–Trinajstić information content (AvgIpc) is 3.25. The lowest BCUT2D eigenvalue weighted by atomic mass is 10.1. The third-order valence-electron chi connectivity index (χ3n) is 4.74. The van der Waals surface area contributed by atoms with Crippen LogP contribution >= 0.6 is 11.3 Å². The van der Waals surface area contributed by atoms with E-state index < -0.39 is 0 Å². The third kappa shape index (κ3) is 4.29. The molecule has 0 aliphatic rings. The van der Waals surface area contributed by atoms with E-state index in [1.807, 2.05) is 36.4 Å². The minimum atomic E-state index is -0.211. The number of pyridine rings is 1. The highest BCUT2D eigenvalue weighted by atomic mass is 32.1. The van der Waals surface area contributed by atoms with Crippen LogP contribution in [0.1, 0.15) is 16.1 Å². The molecule has 1 amide bonds. The summed E-state index contributed by atoms with van der Waals surface area (Å²) in [5.74, 6) is 1.55. The first-order valence-electron chi connectivity index (χ1n) is 9.51. The number of hydrogen-bond donors (Lipinski definition) is 0. The van der Waals surface area contributed by atoms with Gasteiger partial charge in [0, 0.05) is 17.8 Å². The number of aromatic nitrogens is 2. The molecular formula is C23H21N3O4S. The SMILES string of the molecule is COc1ccc2sc(N(Cc3ccccn3)C(=O)c3ccc(OC)c(OC)c3)nc2c1. The van der Waals surface area contributed by atoms with Gasteiger partial charge in [0.2, 0.25) is 0 Å². The summed E-state index contributed by atoms with van der Waals surface area (Å²) in [6.07, 6.45) is 1.71. The van der Waals surface area contributed by atoms with Gasteiger partial charge in [-0.1, -0.05) is 17.4 Å². The molecule has 8 heteroatoms. The zero-order valence-electron chi connectivity index (χ0n) is 17.4. The lowest BCUT2D eigenvalue weighted by Crippen LogP contribution is -2.30. The van der Waals surface area contributed by atoms with E-state index >= 15 is 0 Å². The minimum Gasteiger partial charge on any atom is -0.497 e. The van der Waals surface area contributed by atoms with E-state index in [1.54, 1.807) is 50.6 Å². The largest absolute Gasteiger partial charge is 0.497 e. The van der Waals surface area contributed by atoms with Gasteiger partial charge in [0.25, 0.3) is 5.91 Å². The number of fused-ring (bicyclic) bond motifs is 1. The molecule has 0 N–H and O–H groups in total. The van der Waals surface area contributed by atoms with Gasteiger partial charge in [-0.15, -0.1) is 0 Å². The molecule has 0 bridgehead atoms. The first kappa shape index (κ1) is 20.6. The van der Waals surface area contributed by atoms with Crippen LogP contribution in [0.3, 0.4) is 0 Å². The number of nitrogens with zero attached hydrogens (tertiary/aromatic N) is 3. The van der Waals surface area contributed by atoms with Gasteiger partial charge in [-0.3, -0.25) is 14.7 Å². The normalized spacial score (nSPS) is 10.7. The maximum atomic E-state index is 13.6. The zero-order valence-corrected chi connectivity index (χ0v) is 18.2. The number of rotatable bonds is 7. The molecule has 0 fully saturated rings. The van der Waals surface area contributed by atoms with Gasteiger partial charge in [0.15, 0.2) is 16.6 Å². The van der Waals surface area contributed by atoms with Crippen molar-refractivity contribution in [3.8, 4) is 17.2 Å². The van der Waals surface area contributed by atoms with E-state index in [9.17, 15) is 4.79 Å². The van der Waals surface area contributed by atoms with E-state index in [0.29, 0.717) is 27.9 Å². The van der Waals surface area contributed by atoms with Crippen molar-refractivity contribution in [2.75, 3.05) is 26.2 Å². The Morgan fingerprint density at radius 1 is 0.968 bits per heavy atom. The monoisotopic (exact) mass is 435 g/mol. The molecule has 0 saturated heterocycles. The molecule has 4 aromatic rings. The molecule has 0 radical (unpaired) electrons. The Hall–Kier alpha value is -3.65. The fourth-order valence-electron chi connectivity index (χ4n) is 3.14. The van der Waals surface area contributed by atoms with Gasteiger partial charge in [-0.2, -0.15) is 0 Å². The topological polar surface area (TPSA) is 73.8 Å². The van der Waals surface area contributed by atoms with Crippen molar-refractivity contribution in [1.82, 2.24) is 9.97 Å². The van der Waals surface area contributed by atoms with Crippen LogP contribution in [-0.2, 0) is 6.54 Å². The fourth-order valence-corrected chi connectivity index (χ4v) is 4.09. The Bertz CT molecular complexity index is 1210. The van der Waals surface area contributed by atoms with E-state index in [1.165, 1.54) is 11.3 Å². The number of carbonyl (C=O) groups excluding carboxylic acids is 1. The van der Waals surface area contributed by atoms with Gasteiger partial charge in [-0.05, 0) is 42.5 Å². The summed E-state index contributed by atoms with van der Waals surface area (Å²) in [7, 11) is 4.71. The molecule has 0 aliphatic carbocycles. The van der Waals surface area contributed by atoms with E-state index in [4.69, 9.17) is 19.2 Å². The van der Waals surface area contributed by atoms with Crippen LogP contribution < -0.4 is 19.1 Å². The lowest BCUT2D eigenvalue weighted by Gasteiger charge is -2.20. The minimum absolute atomic E-state index is 0.211. The molecule has 2 heterocycles. The summed E-state index contributed by atoms with van der Waals surface area (Å²) in [4.78, 5) is 24.3. The van der Waals surface area contributed by atoms with Gasteiger partial charge in [0.05, 0.1) is 43.8 Å². The van der Waals surface area contributed by atoms with Crippen molar-refractivity contribution in [1.29, 1.82) is 0 Å². The number of benzene rings is 2. The molecule has 31 heavy (non-hydrogen) atoms. The molecule has 2 aromatic carbocycles. The number of ether oxygens (including phenoxy) is 3. The molecule has 0 saturated carbocycles. The molecule has 158 valence electrons. The van der Waals surface area contributed by atoms with Crippen LogP contribution in [0.25, 0.3) is 10.2 Å². The average molecular weight is 436 g/mol. The Labute approximate surface area is 183 Å². The number of methoxy groups -OCH3 is 3. The Morgan fingerprint density at radius 2 is 1.81 bits per heavy atom. The summed E-state index contributed by atoms with van der Waals surface area (Å²) >= 11 is 1.44. The highest BCUT2D eigenvalue weighted by molar-refractivity contribution is 7.22. The van der Waals surface area contributed by atoms with E-state index in [2.05, 4.69) is 4.98 Å². The van der Waals surface area contributed by atoms with Crippen LogP contribution in [0, 0.1) is 0 Å². The number of thiazole rings is 1. The molecule has 4 rings (SSSR count). The Balaban J connectivity index is 1.76. The molecular weight excluding hydrogens is 414 g/mol. The number of anilines is 1. The van der Waals surface area contributed by atoms with Crippen LogP contribution in [-0.4, -0.2) is 37.2 Å². The van der Waals surface area contributed by atoms with Crippen molar-refractivity contribution in [2.45, 2.75) is 6.54 Å². The first-order chi connectivity index (χ1) is 15.1. The maximum Gasteiger partial charge on any atom is 0.260 e. The maximum absolute atomic E-state index is 13.6. The van der Waals surface area contributed by atoms with Crippen molar-refractivity contribution in [3.63, 3.8) is 0 Å². The smallest absolute Gasteiger partial charge is 0.260 e. The highest BCUT2D eigenvalue weighted by Gasteiger charge is 2.23. The predicted molar refractivity (Wildman–Crippen MR) is 120 cm³/mol. The molecule has 0 aliphatic heterocycles. The van der Waals surface area contributed by atoms with Crippen LogP contribution in [0.2, 0.25) is 0 Å². The Kier molecular flexibility index (Phi) is 5.99. The van der Waals surface area contributed by atoms with E-state index in [0.717, 1.165) is 15.9 Å². The summed E-state index contributed by atoms with van der Waals surface area (Å²) in [5.41, 5.74) is 1.99. The zero-order chi connectivity index (χ0) is 21.8. The third-order valence-corrected chi connectivity index (χ3v) is 5.80. The second-order valence-electron chi connectivity index (χ2n) is 6.61. The standard InChI is InChI=1S/C23H21N3O4S/c1-28-17-8-10-21-18(13-17)25-23(31-21)26(14-16-6-4-5-11-24-16)22(27)15-7-9-19(29-2)20(12-15)30-3/h4-13H,14H2,1-3H3. The number of amides is 1. The molecule has 7 nitrogen and oxygen atoms in total. The Morgan fingerprint density at radius 3 is 2.52 bits per heavy atom. The molecule has 2 aromatic heterocycles. The van der Waals surface area contributed by atoms with Gasteiger partial charge in [0.1, 0.15) is 5.75 Å². The van der Waals surface area contributed by atoms with Gasteiger partial charge >= 0.3 is 0 Å². The van der Waals surface area contributed by atoms with Crippen molar-refractivity contribution in [3.05, 3.63) is 72.1 Å². The summed E-state index contributed by atoms with van der Waals surface area (Å²) < 4.78 is 16.9. The van der Waals surface area contributed by atoms with E-state index in [-0.39, 0.29) is 12.5 Å². The fraction of sp³-hybridized carbons (Fsp3) is 0.174. The van der Waals surface area contributed by atoms with Crippen LogP contribution in [0.15, 0.2) is 60.8 Å². The second kappa shape index (κ2) is 9.01. The number of hydrogen-bond acceptors (Lipinski definition) is 7. The summed E-state index contributed by atoms with van der Waals surface area (Å²) in [5, 5.41) is 0.577. The summed E-state index contributed by atoms with van der Waals surface area (Å²) in [6, 6.07) is 16.4. The molecule has 0 atom stereocenters. The van der Waals surface area contributed by atoms with Crippen molar-refractivity contribution < 1.29 is 19.0 Å². The number of carbonyl (C=O) groups is 1. The molecule has 0 spiro atoms.